The van der Waals surface area contributed by atoms with Gasteiger partial charge in [0.2, 0.25) is 0 Å². The second kappa shape index (κ2) is 14.6. The molecule has 0 heterocycles. The van der Waals surface area contributed by atoms with Crippen molar-refractivity contribution in [2.75, 3.05) is 11.9 Å². The highest BCUT2D eigenvalue weighted by Crippen LogP contribution is 2.15. The van der Waals surface area contributed by atoms with Crippen LogP contribution in [0.1, 0.15) is 87.9 Å². The molecule has 0 aliphatic heterocycles. The molecule has 3 nitrogen and oxygen atoms in total. The highest BCUT2D eigenvalue weighted by Gasteiger charge is 2.07. The Morgan fingerprint density at radius 2 is 1.52 bits per heavy atom. The van der Waals surface area contributed by atoms with Crippen molar-refractivity contribution < 1.29 is 9.90 Å². The summed E-state index contributed by atoms with van der Waals surface area (Å²) in [5.41, 5.74) is 1.05. The van der Waals surface area contributed by atoms with E-state index in [1.54, 1.807) is 12.1 Å². The predicted octanol–water partition coefficient (Wildman–Crippen LogP) is 6.66. The van der Waals surface area contributed by atoms with Crippen molar-refractivity contribution >= 4 is 11.7 Å². The number of nitrogens with one attached hydrogen (secondary N) is 1. The third-order valence-electron chi connectivity index (χ3n) is 4.41. The summed E-state index contributed by atoms with van der Waals surface area (Å²) in [6, 6.07) is 7.07. The van der Waals surface area contributed by atoms with Crippen LogP contribution in [0.2, 0.25) is 0 Å². The van der Waals surface area contributed by atoms with E-state index in [0.717, 1.165) is 19.4 Å². The molecular weight excluding hydrogens is 310 g/mol. The van der Waals surface area contributed by atoms with Crippen molar-refractivity contribution in [3.63, 3.8) is 0 Å². The van der Waals surface area contributed by atoms with Crippen LogP contribution in [-0.2, 0) is 0 Å². The smallest absolute Gasteiger partial charge is 0.337 e. The summed E-state index contributed by atoms with van der Waals surface area (Å²) in [7, 11) is 0. The third-order valence-corrected chi connectivity index (χ3v) is 4.41. The first kappa shape index (κ1) is 21.3. The molecule has 0 fully saturated rings. The molecule has 140 valence electrons. The maximum atomic E-state index is 11.1. The summed E-state index contributed by atoms with van der Waals surface area (Å²) in [6.45, 7) is 3.06. The van der Waals surface area contributed by atoms with Crippen molar-refractivity contribution in [1.82, 2.24) is 0 Å². The lowest BCUT2D eigenvalue weighted by atomic mass is 10.1. The normalized spacial score (nSPS) is 11.1. The fraction of sp³-hybridized carbons (Fsp3) is 0.591. The van der Waals surface area contributed by atoms with Crippen LogP contribution in [0, 0.1) is 0 Å². The predicted molar refractivity (Wildman–Crippen MR) is 107 cm³/mol. The molecule has 25 heavy (non-hydrogen) atoms. The van der Waals surface area contributed by atoms with Crippen LogP contribution in [0.25, 0.3) is 0 Å². The van der Waals surface area contributed by atoms with Gasteiger partial charge in [-0.3, -0.25) is 0 Å². The molecule has 0 bridgehead atoms. The Labute approximate surface area is 153 Å². The number of carbonyl (C=O) groups is 1. The second-order valence-corrected chi connectivity index (χ2v) is 6.65. The zero-order valence-corrected chi connectivity index (χ0v) is 15.8. The molecule has 1 aromatic carbocycles. The lowest BCUT2D eigenvalue weighted by Crippen LogP contribution is -2.07. The first-order valence-electron chi connectivity index (χ1n) is 9.97. The van der Waals surface area contributed by atoms with Gasteiger partial charge in [0.1, 0.15) is 0 Å². The average molecular weight is 346 g/mol. The molecule has 0 unspecified atom stereocenters. The Kier molecular flexibility index (Phi) is 12.4. The molecule has 0 aromatic heterocycles. The van der Waals surface area contributed by atoms with Crippen LogP contribution in [0.15, 0.2) is 36.4 Å². The van der Waals surface area contributed by atoms with Gasteiger partial charge in [-0.05, 0) is 37.8 Å². The largest absolute Gasteiger partial charge is 0.478 e. The zero-order chi connectivity index (χ0) is 18.2. The van der Waals surface area contributed by atoms with E-state index in [1.165, 1.54) is 57.8 Å². The number of unbranched alkanes of at least 4 members (excludes halogenated alkanes) is 9. The molecule has 2 N–H and O–H groups in total. The minimum Gasteiger partial charge on any atom is -0.478 e. The number of hydrogen-bond acceptors (Lipinski definition) is 2. The molecule has 0 amide bonds. The van der Waals surface area contributed by atoms with Crippen molar-refractivity contribution in [2.45, 2.75) is 77.6 Å². The number of anilines is 1. The quantitative estimate of drug-likeness (QED) is 0.276. The first-order chi connectivity index (χ1) is 12.3. The monoisotopic (exact) mass is 345 g/mol. The Morgan fingerprint density at radius 3 is 2.20 bits per heavy atom. The number of carboxylic acid groups (broad SMARTS) is 1. The van der Waals surface area contributed by atoms with E-state index in [2.05, 4.69) is 24.4 Å². The van der Waals surface area contributed by atoms with E-state index in [0.29, 0.717) is 11.3 Å². The van der Waals surface area contributed by atoms with Crippen molar-refractivity contribution in [3.8, 4) is 0 Å². The van der Waals surface area contributed by atoms with Crippen LogP contribution in [0.4, 0.5) is 5.69 Å². The SMILES string of the molecule is CCCCCCCCCC/C=C/CCCNc1ccccc1C(=O)O. The van der Waals surface area contributed by atoms with Crippen LogP contribution < -0.4 is 5.32 Å². The van der Waals surface area contributed by atoms with Gasteiger partial charge in [-0.2, -0.15) is 0 Å². The highest BCUT2D eigenvalue weighted by atomic mass is 16.4. The summed E-state index contributed by atoms with van der Waals surface area (Å²) < 4.78 is 0. The van der Waals surface area contributed by atoms with Gasteiger partial charge in [0, 0.05) is 12.2 Å². The molecule has 0 saturated carbocycles. The number of hydrogen-bond donors (Lipinski definition) is 2. The fourth-order valence-electron chi connectivity index (χ4n) is 2.90. The molecule has 1 aromatic rings. The average Bonchev–Trinajstić information content (AvgIpc) is 2.62. The minimum atomic E-state index is -0.881. The van der Waals surface area contributed by atoms with Gasteiger partial charge < -0.3 is 10.4 Å². The second-order valence-electron chi connectivity index (χ2n) is 6.65. The molecule has 0 spiro atoms. The molecule has 0 aliphatic carbocycles. The van der Waals surface area contributed by atoms with Crippen LogP contribution in [0.3, 0.4) is 0 Å². The first-order valence-corrected chi connectivity index (χ1v) is 9.97. The number of carboxylic acids is 1. The van der Waals surface area contributed by atoms with Crippen molar-refractivity contribution in [3.05, 3.63) is 42.0 Å². The lowest BCUT2D eigenvalue weighted by Gasteiger charge is -2.08. The van der Waals surface area contributed by atoms with Gasteiger partial charge in [0.05, 0.1) is 5.56 Å². The maximum absolute atomic E-state index is 11.1. The number of allylic oxidation sites excluding steroid dienone is 2. The van der Waals surface area contributed by atoms with E-state index < -0.39 is 5.97 Å². The van der Waals surface area contributed by atoms with Crippen LogP contribution >= 0.6 is 0 Å². The number of aromatic carboxylic acids is 1. The molecule has 3 heteroatoms. The summed E-state index contributed by atoms with van der Waals surface area (Å²) >= 11 is 0. The zero-order valence-electron chi connectivity index (χ0n) is 15.8. The molecule has 1 rings (SSSR count). The summed E-state index contributed by atoms with van der Waals surface area (Å²) in [4.78, 5) is 11.1. The van der Waals surface area contributed by atoms with Gasteiger partial charge in [0.15, 0.2) is 0 Å². The topological polar surface area (TPSA) is 49.3 Å². The molecule has 0 aliphatic rings. The van der Waals surface area contributed by atoms with Crippen LogP contribution in [-0.4, -0.2) is 17.6 Å². The third kappa shape index (κ3) is 10.6. The number of rotatable bonds is 15. The highest BCUT2D eigenvalue weighted by molar-refractivity contribution is 5.94. The Bertz CT molecular complexity index is 497. The minimum absolute atomic E-state index is 0.340. The Balaban J connectivity index is 1.98. The molecular formula is C22H35NO2. The van der Waals surface area contributed by atoms with Gasteiger partial charge >= 0.3 is 5.97 Å². The standard InChI is InChI=1S/C22H35NO2/c1-2-3-4-5-6-7-8-9-10-11-12-13-16-19-23-21-18-15-14-17-20(21)22(24)25/h11-12,14-15,17-18,23H,2-10,13,16,19H2,1H3,(H,24,25)/b12-11+. The molecule has 0 saturated heterocycles. The van der Waals surface area contributed by atoms with Gasteiger partial charge in [0.25, 0.3) is 0 Å². The summed E-state index contributed by atoms with van der Waals surface area (Å²) in [5.74, 6) is -0.881. The maximum Gasteiger partial charge on any atom is 0.337 e. The van der Waals surface area contributed by atoms with E-state index in [9.17, 15) is 4.79 Å². The van der Waals surface area contributed by atoms with Gasteiger partial charge in [-0.1, -0.05) is 76.2 Å². The van der Waals surface area contributed by atoms with E-state index >= 15 is 0 Å². The summed E-state index contributed by atoms with van der Waals surface area (Å²) in [6.07, 6.45) is 18.7. The van der Waals surface area contributed by atoms with Crippen LogP contribution in [0.5, 0.6) is 0 Å². The van der Waals surface area contributed by atoms with Crippen molar-refractivity contribution in [2.24, 2.45) is 0 Å². The summed E-state index contributed by atoms with van der Waals surface area (Å²) in [5, 5.41) is 12.3. The van der Waals surface area contributed by atoms with Crippen molar-refractivity contribution in [1.29, 1.82) is 0 Å². The molecule has 0 atom stereocenters. The lowest BCUT2D eigenvalue weighted by molar-refractivity contribution is 0.0698. The Hall–Kier alpha value is -1.77. The number of para-hydroxylation sites is 1. The van der Waals surface area contributed by atoms with Gasteiger partial charge in [-0.15, -0.1) is 0 Å². The number of benzene rings is 1. The van der Waals surface area contributed by atoms with E-state index in [1.807, 2.05) is 12.1 Å². The molecule has 0 radical (unpaired) electrons. The van der Waals surface area contributed by atoms with E-state index in [4.69, 9.17) is 5.11 Å². The van der Waals surface area contributed by atoms with Gasteiger partial charge in [-0.25, -0.2) is 4.79 Å². The van der Waals surface area contributed by atoms with E-state index in [-0.39, 0.29) is 0 Å². The Morgan fingerprint density at radius 1 is 0.920 bits per heavy atom. The fourth-order valence-corrected chi connectivity index (χ4v) is 2.90.